The van der Waals surface area contributed by atoms with Crippen molar-refractivity contribution < 1.29 is 34.2 Å². The lowest BCUT2D eigenvalue weighted by Gasteiger charge is -2.31. The molecule has 2 aliphatic rings. The van der Waals surface area contributed by atoms with Crippen molar-refractivity contribution in [2.24, 2.45) is 5.73 Å². The summed E-state index contributed by atoms with van der Waals surface area (Å²) in [6.45, 7) is 3.23. The molecule has 12 heteroatoms. The number of nitrogens with two attached hydrogens (primary N) is 1. The summed E-state index contributed by atoms with van der Waals surface area (Å²) in [5.74, 6) is -3.33. The third-order valence-corrected chi connectivity index (χ3v) is 5.67. The molecule has 2 saturated heterocycles. The van der Waals surface area contributed by atoms with E-state index in [1.54, 1.807) is 0 Å². The van der Waals surface area contributed by atoms with Crippen molar-refractivity contribution in [2.45, 2.75) is 69.8 Å². The molecule has 174 valence electrons. The van der Waals surface area contributed by atoms with Crippen LogP contribution in [-0.4, -0.2) is 99.5 Å². The number of aliphatic hydroxyl groups excluding tert-OH is 1. The molecule has 2 rings (SSSR count). The number of likely N-dealkylation sites (tertiary alicyclic amines) is 2. The first-order chi connectivity index (χ1) is 14.6. The van der Waals surface area contributed by atoms with Gasteiger partial charge in [-0.25, -0.2) is 4.79 Å². The number of aliphatic hydroxyl groups is 1. The van der Waals surface area contributed by atoms with Gasteiger partial charge in [0.2, 0.25) is 23.6 Å². The molecule has 0 radical (unpaired) electrons. The SMILES string of the molecule is C[C@H](NC(=O)[C@@H]1CCCN1C(=O)[C@@H]1CCCN1C(=O)CN)C(=O)N[C@H](C(=O)O)[C@@H](C)O. The summed E-state index contributed by atoms with van der Waals surface area (Å²) in [6, 6.07) is -4.02. The van der Waals surface area contributed by atoms with E-state index in [0.29, 0.717) is 38.8 Å². The molecule has 0 spiro atoms. The van der Waals surface area contributed by atoms with Crippen molar-refractivity contribution in [2.75, 3.05) is 19.6 Å². The molecule has 2 aliphatic heterocycles. The van der Waals surface area contributed by atoms with E-state index in [2.05, 4.69) is 10.6 Å². The lowest BCUT2D eigenvalue weighted by molar-refractivity contribution is -0.147. The minimum absolute atomic E-state index is 0.190. The summed E-state index contributed by atoms with van der Waals surface area (Å²) in [4.78, 5) is 64.1. The fourth-order valence-electron chi connectivity index (χ4n) is 3.98. The van der Waals surface area contributed by atoms with Crippen LogP contribution in [-0.2, 0) is 24.0 Å². The highest BCUT2D eigenvalue weighted by molar-refractivity contribution is 5.95. The number of hydrogen-bond donors (Lipinski definition) is 5. The molecule has 0 saturated carbocycles. The number of nitrogens with zero attached hydrogens (tertiary/aromatic N) is 2. The monoisotopic (exact) mass is 441 g/mol. The second-order valence-electron chi connectivity index (χ2n) is 7.93. The fraction of sp³-hybridized carbons (Fsp3) is 0.737. The zero-order valence-corrected chi connectivity index (χ0v) is 17.7. The average molecular weight is 441 g/mol. The summed E-state index contributed by atoms with van der Waals surface area (Å²) < 4.78 is 0. The summed E-state index contributed by atoms with van der Waals surface area (Å²) in [5, 5.41) is 23.2. The van der Waals surface area contributed by atoms with Crippen molar-refractivity contribution >= 4 is 29.6 Å². The van der Waals surface area contributed by atoms with E-state index in [0.717, 1.165) is 0 Å². The number of carbonyl (C=O) groups is 5. The van der Waals surface area contributed by atoms with E-state index in [4.69, 9.17) is 10.8 Å². The van der Waals surface area contributed by atoms with Crippen molar-refractivity contribution in [3.8, 4) is 0 Å². The van der Waals surface area contributed by atoms with Gasteiger partial charge in [-0.1, -0.05) is 0 Å². The lowest BCUT2D eigenvalue weighted by Crippen LogP contribution is -2.57. The predicted molar refractivity (Wildman–Crippen MR) is 107 cm³/mol. The number of carbonyl (C=O) groups excluding carboxylic acids is 4. The molecule has 4 amide bonds. The Morgan fingerprint density at radius 3 is 2.13 bits per heavy atom. The van der Waals surface area contributed by atoms with Gasteiger partial charge in [-0.3, -0.25) is 19.2 Å². The van der Waals surface area contributed by atoms with E-state index in [-0.39, 0.29) is 18.4 Å². The van der Waals surface area contributed by atoms with E-state index in [1.807, 2.05) is 0 Å². The average Bonchev–Trinajstić information content (AvgIpc) is 3.39. The first kappa shape index (κ1) is 24.5. The van der Waals surface area contributed by atoms with Gasteiger partial charge in [0.05, 0.1) is 12.6 Å². The lowest BCUT2D eigenvalue weighted by atomic mass is 10.1. The summed E-state index contributed by atoms with van der Waals surface area (Å²) in [7, 11) is 0. The van der Waals surface area contributed by atoms with Gasteiger partial charge in [0.1, 0.15) is 18.1 Å². The van der Waals surface area contributed by atoms with Crippen molar-refractivity contribution in [1.29, 1.82) is 0 Å². The fourth-order valence-corrected chi connectivity index (χ4v) is 3.98. The third-order valence-electron chi connectivity index (χ3n) is 5.67. The van der Waals surface area contributed by atoms with Gasteiger partial charge in [-0.15, -0.1) is 0 Å². The maximum atomic E-state index is 13.0. The van der Waals surface area contributed by atoms with Crippen LogP contribution in [0.4, 0.5) is 0 Å². The molecule has 2 heterocycles. The normalized spacial score (nSPS) is 23.7. The maximum absolute atomic E-state index is 13.0. The Labute approximate surface area is 180 Å². The van der Waals surface area contributed by atoms with Gasteiger partial charge in [-0.05, 0) is 39.5 Å². The van der Waals surface area contributed by atoms with E-state index >= 15 is 0 Å². The van der Waals surface area contributed by atoms with Crippen LogP contribution in [0.5, 0.6) is 0 Å². The molecule has 0 unspecified atom stereocenters. The van der Waals surface area contributed by atoms with E-state index in [1.165, 1.54) is 23.6 Å². The smallest absolute Gasteiger partial charge is 0.328 e. The minimum Gasteiger partial charge on any atom is -0.480 e. The minimum atomic E-state index is -1.51. The molecule has 31 heavy (non-hydrogen) atoms. The number of nitrogens with one attached hydrogen (secondary N) is 2. The summed E-state index contributed by atoms with van der Waals surface area (Å²) >= 11 is 0. The van der Waals surface area contributed by atoms with E-state index < -0.39 is 48.1 Å². The zero-order chi connectivity index (χ0) is 23.3. The Hall–Kier alpha value is -2.73. The van der Waals surface area contributed by atoms with Crippen molar-refractivity contribution in [1.82, 2.24) is 20.4 Å². The van der Waals surface area contributed by atoms with Crippen LogP contribution in [0.25, 0.3) is 0 Å². The molecule has 5 atom stereocenters. The molecular formula is C19H31N5O7. The molecule has 0 aromatic heterocycles. The second kappa shape index (κ2) is 10.5. The Morgan fingerprint density at radius 2 is 1.58 bits per heavy atom. The van der Waals surface area contributed by atoms with Crippen LogP contribution in [0.1, 0.15) is 39.5 Å². The Bertz CT molecular complexity index is 728. The number of amides is 4. The first-order valence-electron chi connectivity index (χ1n) is 10.4. The van der Waals surface area contributed by atoms with Crippen molar-refractivity contribution in [3.05, 3.63) is 0 Å². The number of carboxylic acids is 1. The molecule has 2 fully saturated rings. The largest absolute Gasteiger partial charge is 0.480 e. The Morgan fingerprint density at radius 1 is 1.00 bits per heavy atom. The quantitative estimate of drug-likeness (QED) is 0.271. The second-order valence-corrected chi connectivity index (χ2v) is 7.93. The highest BCUT2D eigenvalue weighted by atomic mass is 16.4. The molecular weight excluding hydrogens is 410 g/mol. The Kier molecular flexibility index (Phi) is 8.34. The number of carboxylic acid groups (broad SMARTS) is 1. The molecule has 0 aromatic rings. The molecule has 0 aliphatic carbocycles. The van der Waals surface area contributed by atoms with Gasteiger partial charge in [0.25, 0.3) is 0 Å². The number of hydrogen-bond acceptors (Lipinski definition) is 7. The summed E-state index contributed by atoms with van der Waals surface area (Å²) in [5.41, 5.74) is 5.43. The topological polar surface area (TPSA) is 182 Å². The highest BCUT2D eigenvalue weighted by Crippen LogP contribution is 2.25. The maximum Gasteiger partial charge on any atom is 0.328 e. The number of rotatable bonds is 8. The van der Waals surface area contributed by atoms with Crippen LogP contribution in [0, 0.1) is 0 Å². The molecule has 0 bridgehead atoms. The van der Waals surface area contributed by atoms with Crippen LogP contribution in [0.15, 0.2) is 0 Å². The van der Waals surface area contributed by atoms with Crippen molar-refractivity contribution in [3.63, 3.8) is 0 Å². The molecule has 12 nitrogen and oxygen atoms in total. The zero-order valence-electron chi connectivity index (χ0n) is 17.7. The highest BCUT2D eigenvalue weighted by Gasteiger charge is 2.42. The standard InChI is InChI=1S/C19H31N5O7/c1-10(16(27)22-15(11(2)25)19(30)31)21-17(28)12-5-3-8-24(12)18(29)13-6-4-7-23(13)14(26)9-20/h10-13,15,25H,3-9,20H2,1-2H3,(H,21,28)(H,22,27)(H,30,31)/t10-,11+,12-,13-,15-/m0/s1. The first-order valence-corrected chi connectivity index (χ1v) is 10.4. The van der Waals surface area contributed by atoms with Crippen LogP contribution < -0.4 is 16.4 Å². The molecule has 6 N–H and O–H groups in total. The predicted octanol–water partition coefficient (Wildman–Crippen LogP) is -2.62. The van der Waals surface area contributed by atoms with Gasteiger partial charge < -0.3 is 36.4 Å². The third kappa shape index (κ3) is 5.70. The van der Waals surface area contributed by atoms with Crippen LogP contribution in [0.3, 0.4) is 0 Å². The van der Waals surface area contributed by atoms with Gasteiger partial charge in [0.15, 0.2) is 6.04 Å². The van der Waals surface area contributed by atoms with Crippen LogP contribution in [0.2, 0.25) is 0 Å². The van der Waals surface area contributed by atoms with Gasteiger partial charge >= 0.3 is 5.97 Å². The molecule has 0 aromatic carbocycles. The van der Waals surface area contributed by atoms with Crippen LogP contribution >= 0.6 is 0 Å². The van der Waals surface area contributed by atoms with E-state index in [9.17, 15) is 29.1 Å². The van der Waals surface area contributed by atoms with Gasteiger partial charge in [0, 0.05) is 13.1 Å². The Balaban J connectivity index is 2.00. The van der Waals surface area contributed by atoms with Gasteiger partial charge in [-0.2, -0.15) is 0 Å². The number of aliphatic carboxylic acids is 1. The summed E-state index contributed by atoms with van der Waals surface area (Å²) in [6.07, 6.45) is 0.875.